The van der Waals surface area contributed by atoms with Gasteiger partial charge in [0, 0.05) is 5.92 Å². The first-order valence-electron chi connectivity index (χ1n) is 6.67. The third-order valence-corrected chi connectivity index (χ3v) is 3.88. The molecule has 2 atom stereocenters. The van der Waals surface area contributed by atoms with Crippen LogP contribution in [0.15, 0.2) is 24.3 Å². The van der Waals surface area contributed by atoms with E-state index in [1.165, 1.54) is 7.11 Å². The molecule has 0 aliphatic heterocycles. The number of carbonyl (C=O) groups excluding carboxylic acids is 1. The van der Waals surface area contributed by atoms with Gasteiger partial charge in [0.1, 0.15) is 5.75 Å². The summed E-state index contributed by atoms with van der Waals surface area (Å²) in [4.78, 5) is 12.4. The summed E-state index contributed by atoms with van der Waals surface area (Å²) in [5.74, 6) is -1.74. The average Bonchev–Trinajstić information content (AvgIpc) is 2.45. The summed E-state index contributed by atoms with van der Waals surface area (Å²) in [6.07, 6.45) is -3.24. The smallest absolute Gasteiger partial charge is 0.391 e. The fraction of sp³-hybridized carbons (Fsp3) is 0.533. The summed E-state index contributed by atoms with van der Waals surface area (Å²) in [7, 11) is 1.45. The number of halogens is 3. The molecule has 0 heterocycles. The summed E-state index contributed by atoms with van der Waals surface area (Å²) < 4.78 is 43.5. The molecular weight excluding hydrogens is 269 g/mol. The fourth-order valence-corrected chi connectivity index (χ4v) is 2.79. The van der Waals surface area contributed by atoms with Crippen LogP contribution < -0.4 is 4.74 Å². The van der Waals surface area contributed by atoms with E-state index < -0.39 is 18.0 Å². The minimum atomic E-state index is -4.21. The van der Waals surface area contributed by atoms with Gasteiger partial charge in [0.25, 0.3) is 0 Å². The summed E-state index contributed by atoms with van der Waals surface area (Å²) in [6, 6.07) is 6.69. The average molecular weight is 286 g/mol. The lowest BCUT2D eigenvalue weighted by Crippen LogP contribution is -2.31. The summed E-state index contributed by atoms with van der Waals surface area (Å²) in [5, 5.41) is 0. The van der Waals surface area contributed by atoms with E-state index in [4.69, 9.17) is 4.74 Å². The summed E-state index contributed by atoms with van der Waals surface area (Å²) >= 11 is 0. The molecule has 20 heavy (non-hydrogen) atoms. The fourth-order valence-electron chi connectivity index (χ4n) is 2.79. The van der Waals surface area contributed by atoms with Gasteiger partial charge in [-0.1, -0.05) is 18.6 Å². The third kappa shape index (κ3) is 3.14. The highest BCUT2D eigenvalue weighted by atomic mass is 19.4. The molecule has 0 bridgehead atoms. The normalized spacial score (nSPS) is 23.4. The second kappa shape index (κ2) is 5.85. The van der Waals surface area contributed by atoms with Gasteiger partial charge in [0.15, 0.2) is 5.78 Å². The largest absolute Gasteiger partial charge is 0.496 e. The molecule has 2 nitrogen and oxygen atoms in total. The van der Waals surface area contributed by atoms with Crippen molar-refractivity contribution in [1.29, 1.82) is 0 Å². The van der Waals surface area contributed by atoms with Crippen molar-refractivity contribution < 1.29 is 22.7 Å². The molecule has 1 aliphatic carbocycles. The second-order valence-corrected chi connectivity index (χ2v) is 5.17. The lowest BCUT2D eigenvalue weighted by Gasteiger charge is -2.29. The Hall–Kier alpha value is -1.52. The standard InChI is InChI=1S/C15H17F3O2/c1-20-13-8-3-2-7-12(13)14(19)10-5-4-6-11(9-10)15(16,17)18/h2-3,7-8,10-11H,4-6,9H2,1H3. The van der Waals surface area contributed by atoms with E-state index in [0.717, 1.165) is 0 Å². The molecule has 2 rings (SSSR count). The molecule has 0 amide bonds. The number of Topliss-reactive ketones (excluding diaryl/α,β-unsaturated/α-hetero) is 1. The molecule has 1 aromatic carbocycles. The van der Waals surface area contributed by atoms with Crippen molar-refractivity contribution in [2.75, 3.05) is 7.11 Å². The number of alkyl halides is 3. The van der Waals surface area contributed by atoms with Crippen LogP contribution >= 0.6 is 0 Å². The number of ketones is 1. The zero-order chi connectivity index (χ0) is 14.8. The molecule has 1 aliphatic rings. The Balaban J connectivity index is 2.17. The van der Waals surface area contributed by atoms with Gasteiger partial charge < -0.3 is 4.74 Å². The number of benzene rings is 1. The van der Waals surface area contributed by atoms with Crippen LogP contribution in [0.5, 0.6) is 5.75 Å². The van der Waals surface area contributed by atoms with E-state index in [2.05, 4.69) is 0 Å². The first-order chi connectivity index (χ1) is 9.43. The maximum Gasteiger partial charge on any atom is 0.391 e. The quantitative estimate of drug-likeness (QED) is 0.777. The number of hydrogen-bond acceptors (Lipinski definition) is 2. The monoisotopic (exact) mass is 286 g/mol. The highest BCUT2D eigenvalue weighted by Gasteiger charge is 2.43. The van der Waals surface area contributed by atoms with Crippen LogP contribution in [0.2, 0.25) is 0 Å². The van der Waals surface area contributed by atoms with Crippen LogP contribution in [0, 0.1) is 11.8 Å². The maximum atomic E-state index is 12.8. The highest BCUT2D eigenvalue weighted by Crippen LogP contribution is 2.41. The third-order valence-electron chi connectivity index (χ3n) is 3.88. The first-order valence-corrected chi connectivity index (χ1v) is 6.67. The molecule has 1 fully saturated rings. The van der Waals surface area contributed by atoms with Crippen molar-refractivity contribution in [3.63, 3.8) is 0 Å². The van der Waals surface area contributed by atoms with E-state index >= 15 is 0 Å². The van der Waals surface area contributed by atoms with Crippen LogP contribution in [0.4, 0.5) is 13.2 Å². The second-order valence-electron chi connectivity index (χ2n) is 5.17. The van der Waals surface area contributed by atoms with Crippen LogP contribution in [-0.4, -0.2) is 19.1 Å². The van der Waals surface area contributed by atoms with E-state index in [0.29, 0.717) is 24.2 Å². The lowest BCUT2D eigenvalue weighted by molar-refractivity contribution is -0.184. The number of rotatable bonds is 3. The van der Waals surface area contributed by atoms with Gasteiger partial charge in [-0.2, -0.15) is 13.2 Å². The Kier molecular flexibility index (Phi) is 4.35. The predicted molar refractivity (Wildman–Crippen MR) is 68.8 cm³/mol. The number of methoxy groups -OCH3 is 1. The zero-order valence-electron chi connectivity index (χ0n) is 11.2. The van der Waals surface area contributed by atoms with Crippen molar-refractivity contribution in [3.05, 3.63) is 29.8 Å². The maximum absolute atomic E-state index is 12.8. The van der Waals surface area contributed by atoms with Crippen LogP contribution in [0.25, 0.3) is 0 Å². The van der Waals surface area contributed by atoms with Crippen LogP contribution in [-0.2, 0) is 0 Å². The highest BCUT2D eigenvalue weighted by molar-refractivity contribution is 6.00. The zero-order valence-corrected chi connectivity index (χ0v) is 11.2. The topological polar surface area (TPSA) is 26.3 Å². The first kappa shape index (κ1) is 14.9. The molecule has 0 spiro atoms. The SMILES string of the molecule is COc1ccccc1C(=O)C1CCCC(C(F)(F)F)C1. The van der Waals surface area contributed by atoms with Crippen molar-refractivity contribution in [3.8, 4) is 5.75 Å². The van der Waals surface area contributed by atoms with Crippen molar-refractivity contribution in [2.45, 2.75) is 31.9 Å². The minimum absolute atomic E-state index is 0.111. The van der Waals surface area contributed by atoms with Gasteiger partial charge in [0.2, 0.25) is 0 Å². The summed E-state index contributed by atoms with van der Waals surface area (Å²) in [6.45, 7) is 0. The minimum Gasteiger partial charge on any atom is -0.496 e. The molecule has 1 aromatic rings. The number of carbonyl (C=O) groups is 1. The molecular formula is C15H17F3O2. The van der Waals surface area contributed by atoms with Gasteiger partial charge in [-0.15, -0.1) is 0 Å². The van der Waals surface area contributed by atoms with Crippen molar-refractivity contribution in [2.24, 2.45) is 11.8 Å². The molecule has 110 valence electrons. The van der Waals surface area contributed by atoms with Crippen LogP contribution in [0.3, 0.4) is 0 Å². The van der Waals surface area contributed by atoms with Gasteiger partial charge in [-0.3, -0.25) is 4.79 Å². The van der Waals surface area contributed by atoms with Gasteiger partial charge >= 0.3 is 6.18 Å². The number of para-hydroxylation sites is 1. The Labute approximate surface area is 115 Å². The molecule has 2 unspecified atom stereocenters. The van der Waals surface area contributed by atoms with E-state index in [1.807, 2.05) is 0 Å². The van der Waals surface area contributed by atoms with Crippen LogP contribution in [0.1, 0.15) is 36.0 Å². The summed E-state index contributed by atoms with van der Waals surface area (Å²) in [5.41, 5.74) is 0.378. The molecule has 5 heteroatoms. The molecule has 0 aromatic heterocycles. The molecule has 0 N–H and O–H groups in total. The Morgan fingerprint density at radius 2 is 1.95 bits per heavy atom. The Bertz CT molecular complexity index is 482. The van der Waals surface area contributed by atoms with Crippen molar-refractivity contribution in [1.82, 2.24) is 0 Å². The lowest BCUT2D eigenvalue weighted by atomic mass is 9.77. The Morgan fingerprint density at radius 1 is 1.25 bits per heavy atom. The van der Waals surface area contributed by atoms with E-state index in [9.17, 15) is 18.0 Å². The van der Waals surface area contributed by atoms with Gasteiger partial charge in [-0.05, 0) is 31.4 Å². The Morgan fingerprint density at radius 3 is 2.60 bits per heavy atom. The number of hydrogen-bond donors (Lipinski definition) is 0. The van der Waals surface area contributed by atoms with E-state index in [1.54, 1.807) is 24.3 Å². The molecule has 0 saturated heterocycles. The predicted octanol–water partition coefficient (Wildman–Crippen LogP) is 4.25. The molecule has 0 radical (unpaired) electrons. The number of ether oxygens (including phenoxy) is 1. The van der Waals surface area contributed by atoms with Crippen molar-refractivity contribution >= 4 is 5.78 Å². The molecule has 1 saturated carbocycles. The van der Waals surface area contributed by atoms with Gasteiger partial charge in [0.05, 0.1) is 18.6 Å². The van der Waals surface area contributed by atoms with Gasteiger partial charge in [-0.25, -0.2) is 0 Å². The van der Waals surface area contributed by atoms with E-state index in [-0.39, 0.29) is 18.6 Å².